The van der Waals surface area contributed by atoms with Gasteiger partial charge in [0.2, 0.25) is 0 Å². The summed E-state index contributed by atoms with van der Waals surface area (Å²) in [4.78, 5) is 52.4. The van der Waals surface area contributed by atoms with Crippen molar-refractivity contribution in [2.75, 3.05) is 0 Å². The van der Waals surface area contributed by atoms with Gasteiger partial charge in [-0.2, -0.15) is 0 Å². The molecule has 0 bridgehead atoms. The first-order valence-electron chi connectivity index (χ1n) is 5.78. The molecule has 0 spiro atoms. The summed E-state index contributed by atoms with van der Waals surface area (Å²) in [6, 6.07) is 0. The normalized spacial score (nSPS) is 31.9. The molecule has 1 aliphatic carbocycles. The minimum atomic E-state index is -5.43. The van der Waals surface area contributed by atoms with E-state index in [0.717, 1.165) is 0 Å². The average Bonchev–Trinajstić information content (AvgIpc) is 2.32. The molecule has 144 valence electrons. The Morgan fingerprint density at radius 1 is 0.481 bits per heavy atom. The Bertz CT molecular complexity index is 587. The van der Waals surface area contributed by atoms with E-state index >= 15 is 0 Å². The van der Waals surface area contributed by atoms with Gasteiger partial charge in [0.25, 0.3) is 0 Å². The first-order chi connectivity index (χ1) is 10.5. The fraction of sp³-hybridized carbons (Fsp3) is 1.00. The predicted molar refractivity (Wildman–Crippen MR) is 68.8 cm³/mol. The van der Waals surface area contributed by atoms with Crippen molar-refractivity contribution >= 4 is 23.5 Å². The van der Waals surface area contributed by atoms with Crippen LogP contribution in [0.15, 0.2) is 0 Å². The number of aliphatic hydroxyl groups excluding tert-OH is 3. The molecule has 0 aromatic carbocycles. The van der Waals surface area contributed by atoms with Gasteiger partial charge >= 0.3 is 178 Å². The molecule has 9 N–H and O–H groups in total. The zero-order chi connectivity index (χ0) is 19.1. The number of phosphoric ester groups is 3. The van der Waals surface area contributed by atoms with Gasteiger partial charge in [0.15, 0.2) is 0 Å². The van der Waals surface area contributed by atoms with Crippen molar-refractivity contribution in [1.82, 2.24) is 0 Å². The number of rotatable bonds is 6. The molecule has 15 nitrogen and oxygen atoms in total. The third kappa shape index (κ3) is 13.6. The molecule has 0 saturated heterocycles. The summed E-state index contributed by atoms with van der Waals surface area (Å²) in [5.74, 6) is 0. The van der Waals surface area contributed by atoms with Crippen LogP contribution in [0.25, 0.3) is 0 Å². The van der Waals surface area contributed by atoms with E-state index in [4.69, 9.17) is 29.4 Å². The molecular formula is C6H15K3O15P3+3. The Hall–Kier alpha value is 5.12. The van der Waals surface area contributed by atoms with Crippen LogP contribution < -0.4 is 154 Å². The minimum Gasteiger partial charge on any atom is -0.387 e. The Morgan fingerprint density at radius 3 is 1.00 bits per heavy atom. The largest absolute Gasteiger partial charge is 1.00 e. The van der Waals surface area contributed by atoms with Gasteiger partial charge in [-0.25, -0.2) is 13.7 Å². The molecular weight excluding hydrogens is 522 g/mol. The summed E-state index contributed by atoms with van der Waals surface area (Å²) in [6.45, 7) is 0. The van der Waals surface area contributed by atoms with Crippen LogP contribution in [0.5, 0.6) is 0 Å². The van der Waals surface area contributed by atoms with Crippen LogP contribution in [0, 0.1) is 0 Å². The molecule has 0 aromatic rings. The monoisotopic (exact) mass is 537 g/mol. The van der Waals surface area contributed by atoms with Crippen molar-refractivity contribution in [2.45, 2.75) is 36.6 Å². The van der Waals surface area contributed by atoms with Gasteiger partial charge in [0.1, 0.15) is 36.6 Å². The van der Waals surface area contributed by atoms with Crippen LogP contribution in [0.1, 0.15) is 0 Å². The molecule has 0 unspecified atom stereocenters. The quantitative estimate of drug-likeness (QED) is 0.113. The number of phosphoric acid groups is 3. The van der Waals surface area contributed by atoms with E-state index < -0.39 is 60.1 Å². The van der Waals surface area contributed by atoms with Crippen molar-refractivity contribution in [3.05, 3.63) is 0 Å². The molecule has 0 amide bonds. The molecule has 1 saturated carbocycles. The molecule has 21 heteroatoms. The van der Waals surface area contributed by atoms with Crippen LogP contribution in [-0.2, 0) is 27.3 Å². The Morgan fingerprint density at radius 2 is 0.704 bits per heavy atom. The van der Waals surface area contributed by atoms with E-state index in [1.807, 2.05) is 0 Å². The van der Waals surface area contributed by atoms with Gasteiger partial charge in [-0.3, -0.25) is 13.6 Å². The van der Waals surface area contributed by atoms with E-state index in [9.17, 15) is 29.0 Å². The van der Waals surface area contributed by atoms with Crippen LogP contribution in [0.4, 0.5) is 0 Å². The van der Waals surface area contributed by atoms with Crippen molar-refractivity contribution in [3.63, 3.8) is 0 Å². The third-order valence-corrected chi connectivity index (χ3v) is 4.35. The fourth-order valence-corrected chi connectivity index (χ4v) is 3.70. The van der Waals surface area contributed by atoms with Gasteiger partial charge in [-0.05, 0) is 0 Å². The zero-order valence-corrected chi connectivity index (χ0v) is 26.3. The van der Waals surface area contributed by atoms with Crippen LogP contribution in [0.3, 0.4) is 0 Å². The molecule has 6 atom stereocenters. The van der Waals surface area contributed by atoms with Gasteiger partial charge < -0.3 is 44.7 Å². The smallest absolute Gasteiger partial charge is 0.387 e. The van der Waals surface area contributed by atoms with Crippen LogP contribution in [-0.4, -0.2) is 81.3 Å². The van der Waals surface area contributed by atoms with Gasteiger partial charge in [0.05, 0.1) is 0 Å². The SMILES string of the molecule is O=P(O)(O)O[C@@H]1[C@H](O)[C@H](O)[C@@H](OP(=O)(O)O)[C@H](OP(=O)(O)O)[C@H]1O.[K+].[K+].[K+]. The second-order valence-corrected chi connectivity index (χ2v) is 8.23. The molecule has 0 aromatic heterocycles. The molecule has 1 rings (SSSR count). The Labute approximate surface area is 279 Å². The van der Waals surface area contributed by atoms with E-state index in [0.29, 0.717) is 0 Å². The summed E-state index contributed by atoms with van der Waals surface area (Å²) in [6.07, 6.45) is -14.3. The summed E-state index contributed by atoms with van der Waals surface area (Å²) >= 11 is 0. The van der Waals surface area contributed by atoms with Crippen molar-refractivity contribution in [3.8, 4) is 0 Å². The van der Waals surface area contributed by atoms with E-state index in [1.165, 1.54) is 0 Å². The van der Waals surface area contributed by atoms with Crippen LogP contribution in [0.2, 0.25) is 0 Å². The number of hydrogen-bond donors (Lipinski definition) is 9. The first-order valence-corrected chi connectivity index (χ1v) is 10.4. The second kappa shape index (κ2) is 14.5. The van der Waals surface area contributed by atoms with E-state index in [-0.39, 0.29) is 154 Å². The number of hydrogen-bond acceptors (Lipinski definition) is 9. The van der Waals surface area contributed by atoms with Crippen LogP contribution >= 0.6 is 23.5 Å². The van der Waals surface area contributed by atoms with Gasteiger partial charge in [-0.15, -0.1) is 0 Å². The standard InChI is InChI=1S/C6H15O15P3.3K/c7-1-2(8)5(20-23(13,14)15)6(21-24(16,17)18)3(9)4(1)19-22(10,11)12;;;/h1-9H,(H2,10,11,12)(H2,13,14,15)(H2,16,17,18);;;/q;3*+1/t1-,2+,3+,4-,5-,6-;;;/m1.../s1. The Kier molecular flexibility index (Phi) is 19.7. The van der Waals surface area contributed by atoms with E-state index in [1.54, 1.807) is 0 Å². The first kappa shape index (κ1) is 36.7. The van der Waals surface area contributed by atoms with Crippen molar-refractivity contribution in [1.29, 1.82) is 0 Å². The molecule has 0 aliphatic heterocycles. The van der Waals surface area contributed by atoms with Gasteiger partial charge in [0, 0.05) is 0 Å². The zero-order valence-electron chi connectivity index (χ0n) is 14.3. The van der Waals surface area contributed by atoms with Crippen molar-refractivity contribution in [2.24, 2.45) is 0 Å². The topological polar surface area (TPSA) is 261 Å². The average molecular weight is 537 g/mol. The maximum atomic E-state index is 10.9. The maximum Gasteiger partial charge on any atom is 1.00 e. The minimum absolute atomic E-state index is 0. The molecule has 0 heterocycles. The second-order valence-electron chi connectivity index (χ2n) is 4.65. The Balaban J connectivity index is -0.00000192. The summed E-state index contributed by atoms with van der Waals surface area (Å²) in [5.41, 5.74) is 0. The summed E-state index contributed by atoms with van der Waals surface area (Å²) < 4.78 is 44.7. The predicted octanol–water partition coefficient (Wildman–Crippen LogP) is -12.5. The molecule has 0 radical (unpaired) electrons. The maximum absolute atomic E-state index is 10.9. The summed E-state index contributed by atoms with van der Waals surface area (Å²) in [7, 11) is -16.2. The molecule has 27 heavy (non-hydrogen) atoms. The number of aliphatic hydroxyl groups is 3. The van der Waals surface area contributed by atoms with Crippen molar-refractivity contribution < 1.29 is 226 Å². The van der Waals surface area contributed by atoms with Gasteiger partial charge in [-0.1, -0.05) is 0 Å². The fourth-order valence-electron chi connectivity index (χ4n) is 2.01. The molecule has 1 aliphatic rings. The van der Waals surface area contributed by atoms with E-state index in [2.05, 4.69) is 13.6 Å². The molecule has 1 fully saturated rings. The summed E-state index contributed by atoms with van der Waals surface area (Å²) in [5, 5.41) is 29.3. The third-order valence-electron chi connectivity index (χ3n) is 2.80.